The van der Waals surface area contributed by atoms with Crippen molar-refractivity contribution in [1.82, 2.24) is 0 Å². The Hall–Kier alpha value is -5.46. The Bertz CT molecular complexity index is 1790. The molecule has 340 valence electrons. The van der Waals surface area contributed by atoms with Gasteiger partial charge in [-0.15, -0.1) is 0 Å². The van der Waals surface area contributed by atoms with Crippen LogP contribution in [-0.4, -0.2) is 83.1 Å². The van der Waals surface area contributed by atoms with Gasteiger partial charge in [0.2, 0.25) is 0 Å². The summed E-state index contributed by atoms with van der Waals surface area (Å²) in [5.74, 6) is -2.76. The van der Waals surface area contributed by atoms with E-state index in [1.165, 1.54) is 70.3 Å². The van der Waals surface area contributed by atoms with Crippen LogP contribution in [0.2, 0.25) is 0 Å². The van der Waals surface area contributed by atoms with E-state index in [0.29, 0.717) is 18.6 Å². The molecule has 13 nitrogen and oxygen atoms in total. The standard InChI is InChI=1S/C49H66O13/c1-8-9-10-12-36-14-16-37(17-15-36)18-19-38-20-22-39(23-21-38)40-24-25-42(41(27-40)13-11-26-58-47(54)34(2)3)59-30-49(33-62-48(55)35(4)5,31-60-45(52)28-43(50)56-6)32-61-46(53)29-44(51)57-7/h20-25,27,36-37H,2,4,8-19,26,28-33H2,1,3,5-7H3. The molecule has 0 saturated heterocycles. The van der Waals surface area contributed by atoms with Gasteiger partial charge >= 0.3 is 35.8 Å². The van der Waals surface area contributed by atoms with Crippen LogP contribution in [-0.2, 0) is 70.0 Å². The summed E-state index contributed by atoms with van der Waals surface area (Å²) in [6.45, 7) is 10.8. The molecule has 62 heavy (non-hydrogen) atoms. The fourth-order valence-electron chi connectivity index (χ4n) is 7.14. The zero-order valence-corrected chi connectivity index (χ0v) is 37.4. The molecular formula is C49H66O13. The summed E-state index contributed by atoms with van der Waals surface area (Å²) in [6, 6.07) is 14.3. The van der Waals surface area contributed by atoms with Crippen LogP contribution in [0.15, 0.2) is 66.8 Å². The molecule has 0 unspecified atom stereocenters. The lowest BCUT2D eigenvalue weighted by atomic mass is 9.78. The van der Waals surface area contributed by atoms with Crippen LogP contribution < -0.4 is 4.74 Å². The third-order valence-electron chi connectivity index (χ3n) is 11.0. The summed E-state index contributed by atoms with van der Waals surface area (Å²) in [6.07, 6.45) is 12.4. The van der Waals surface area contributed by atoms with E-state index in [1.54, 1.807) is 13.0 Å². The zero-order valence-electron chi connectivity index (χ0n) is 37.4. The molecule has 2 aromatic rings. The minimum Gasteiger partial charge on any atom is -0.492 e. The van der Waals surface area contributed by atoms with Gasteiger partial charge in [0.25, 0.3) is 0 Å². The fourth-order valence-corrected chi connectivity index (χ4v) is 7.14. The summed E-state index contributed by atoms with van der Waals surface area (Å²) in [4.78, 5) is 73.6. The number of rotatable bonds is 27. The molecule has 2 aromatic carbocycles. The molecule has 13 heteroatoms. The lowest BCUT2D eigenvalue weighted by Crippen LogP contribution is -2.44. The zero-order chi connectivity index (χ0) is 45.5. The summed E-state index contributed by atoms with van der Waals surface area (Å²) < 4.78 is 37.3. The van der Waals surface area contributed by atoms with Crippen LogP contribution in [0.4, 0.5) is 0 Å². The predicted octanol–water partition coefficient (Wildman–Crippen LogP) is 8.42. The Morgan fingerprint density at radius 3 is 1.69 bits per heavy atom. The van der Waals surface area contributed by atoms with E-state index in [0.717, 1.165) is 49.2 Å². The average Bonchev–Trinajstić information content (AvgIpc) is 3.27. The highest BCUT2D eigenvalue weighted by Gasteiger charge is 2.38. The Kier molecular flexibility index (Phi) is 22.0. The molecule has 3 rings (SSSR count). The molecule has 0 radical (unpaired) electrons. The van der Waals surface area contributed by atoms with Crippen molar-refractivity contribution in [3.8, 4) is 16.9 Å². The van der Waals surface area contributed by atoms with Crippen LogP contribution >= 0.6 is 0 Å². The SMILES string of the molecule is C=C(C)C(=O)OCCCc1cc(-c2ccc(CCC3CCC(CCCCC)CC3)cc2)ccc1OCC(COC(=O)CC(=O)OC)(COC(=O)CC(=O)OC)COC(=O)C(=C)C. The smallest absolute Gasteiger partial charge is 0.333 e. The Balaban J connectivity index is 1.87. The maximum absolute atomic E-state index is 12.6. The van der Waals surface area contributed by atoms with Gasteiger partial charge in [-0.25, -0.2) is 9.59 Å². The second kappa shape index (κ2) is 26.8. The minimum atomic E-state index is -1.54. The van der Waals surface area contributed by atoms with E-state index >= 15 is 0 Å². The van der Waals surface area contributed by atoms with Crippen molar-refractivity contribution in [1.29, 1.82) is 0 Å². The van der Waals surface area contributed by atoms with Crippen molar-refractivity contribution in [2.75, 3.05) is 47.3 Å². The number of esters is 6. The summed E-state index contributed by atoms with van der Waals surface area (Å²) >= 11 is 0. The molecule has 1 saturated carbocycles. The van der Waals surface area contributed by atoms with Gasteiger partial charge in [0.05, 0.1) is 20.8 Å². The first-order valence-electron chi connectivity index (χ1n) is 21.6. The Labute approximate surface area is 366 Å². The van der Waals surface area contributed by atoms with Gasteiger partial charge in [-0.3, -0.25) is 19.2 Å². The number of ether oxygens (including phenoxy) is 7. The molecule has 0 amide bonds. The molecule has 0 aromatic heterocycles. The lowest BCUT2D eigenvalue weighted by molar-refractivity contribution is -0.165. The number of unbranched alkanes of at least 4 members (excludes halogenated alkanes) is 2. The Morgan fingerprint density at radius 2 is 1.15 bits per heavy atom. The van der Waals surface area contributed by atoms with Gasteiger partial charge in [-0.2, -0.15) is 0 Å². The van der Waals surface area contributed by atoms with Gasteiger partial charge in [0.1, 0.15) is 50.4 Å². The first kappa shape index (κ1) is 50.9. The highest BCUT2D eigenvalue weighted by molar-refractivity contribution is 5.91. The number of benzene rings is 2. The second-order valence-corrected chi connectivity index (χ2v) is 16.4. The highest BCUT2D eigenvalue weighted by atomic mass is 16.6. The van der Waals surface area contributed by atoms with Gasteiger partial charge in [-0.1, -0.05) is 102 Å². The first-order chi connectivity index (χ1) is 29.7. The molecule has 1 aliphatic carbocycles. The normalized spacial score (nSPS) is 14.8. The Morgan fingerprint density at radius 1 is 0.613 bits per heavy atom. The topological polar surface area (TPSA) is 167 Å². The van der Waals surface area contributed by atoms with Gasteiger partial charge in [0.15, 0.2) is 0 Å². The molecule has 0 spiro atoms. The second-order valence-electron chi connectivity index (χ2n) is 16.4. The molecule has 0 heterocycles. The van der Waals surface area contributed by atoms with Crippen molar-refractivity contribution in [2.45, 2.75) is 111 Å². The van der Waals surface area contributed by atoms with Crippen molar-refractivity contribution in [2.24, 2.45) is 17.3 Å². The van der Waals surface area contributed by atoms with E-state index in [1.807, 2.05) is 12.1 Å². The molecule has 1 aliphatic rings. The molecule has 1 fully saturated rings. The van der Waals surface area contributed by atoms with Crippen molar-refractivity contribution in [3.05, 3.63) is 77.9 Å². The fraction of sp³-hybridized carbons (Fsp3) is 0.551. The maximum Gasteiger partial charge on any atom is 0.333 e. The summed E-state index contributed by atoms with van der Waals surface area (Å²) in [5, 5.41) is 0. The maximum atomic E-state index is 12.6. The number of hydrogen-bond acceptors (Lipinski definition) is 13. The summed E-state index contributed by atoms with van der Waals surface area (Å²) in [7, 11) is 2.24. The predicted molar refractivity (Wildman–Crippen MR) is 233 cm³/mol. The lowest BCUT2D eigenvalue weighted by Gasteiger charge is -2.32. The van der Waals surface area contributed by atoms with Crippen molar-refractivity contribution < 1.29 is 61.9 Å². The van der Waals surface area contributed by atoms with Crippen LogP contribution in [0.25, 0.3) is 11.1 Å². The molecule has 0 atom stereocenters. The summed E-state index contributed by atoms with van der Waals surface area (Å²) in [5.41, 5.74) is 2.79. The van der Waals surface area contributed by atoms with Crippen molar-refractivity contribution >= 4 is 35.8 Å². The third kappa shape index (κ3) is 18.3. The largest absolute Gasteiger partial charge is 0.492 e. The van der Waals surface area contributed by atoms with E-state index < -0.39 is 73.9 Å². The van der Waals surface area contributed by atoms with Crippen LogP contribution in [0.5, 0.6) is 5.75 Å². The number of carbonyl (C=O) groups is 6. The minimum absolute atomic E-state index is 0.0823. The van der Waals surface area contributed by atoms with E-state index in [-0.39, 0.29) is 24.4 Å². The number of methoxy groups -OCH3 is 2. The quantitative estimate of drug-likeness (QED) is 0.0276. The number of carbonyl (C=O) groups excluding carboxylic acids is 6. The molecule has 0 aliphatic heterocycles. The van der Waals surface area contributed by atoms with Crippen LogP contribution in [0, 0.1) is 17.3 Å². The first-order valence-corrected chi connectivity index (χ1v) is 21.6. The van der Waals surface area contributed by atoms with Gasteiger partial charge < -0.3 is 33.2 Å². The van der Waals surface area contributed by atoms with E-state index in [4.69, 9.17) is 23.7 Å². The van der Waals surface area contributed by atoms with Crippen molar-refractivity contribution in [3.63, 3.8) is 0 Å². The van der Waals surface area contributed by atoms with Crippen LogP contribution in [0.1, 0.15) is 109 Å². The van der Waals surface area contributed by atoms with Crippen LogP contribution in [0.3, 0.4) is 0 Å². The monoisotopic (exact) mass is 862 g/mol. The van der Waals surface area contributed by atoms with Gasteiger partial charge in [-0.05, 0) is 85.8 Å². The highest BCUT2D eigenvalue weighted by Crippen LogP contribution is 2.35. The molecule has 0 bridgehead atoms. The van der Waals surface area contributed by atoms with Gasteiger partial charge in [0, 0.05) is 11.1 Å². The third-order valence-corrected chi connectivity index (χ3v) is 11.0. The van der Waals surface area contributed by atoms with E-state index in [9.17, 15) is 28.8 Å². The number of hydrogen-bond donors (Lipinski definition) is 0. The number of aryl methyl sites for hydroxylation is 2. The molecular weight excluding hydrogens is 797 g/mol. The van der Waals surface area contributed by atoms with E-state index in [2.05, 4.69) is 53.8 Å². The molecule has 0 N–H and O–H groups in total. The average molecular weight is 863 g/mol.